The largest absolute Gasteiger partial charge is 0.340 e. The van der Waals surface area contributed by atoms with Crippen molar-refractivity contribution in [1.82, 2.24) is 18.3 Å². The van der Waals surface area contributed by atoms with Crippen LogP contribution in [0.15, 0.2) is 103 Å². The van der Waals surface area contributed by atoms with Gasteiger partial charge in [-0.1, -0.05) is 55.1 Å². The summed E-state index contributed by atoms with van der Waals surface area (Å²) in [6.45, 7) is 4.36. The highest BCUT2D eigenvalue weighted by Crippen LogP contribution is 2.37. The minimum Gasteiger partial charge on any atom is -0.340 e. The highest BCUT2D eigenvalue weighted by molar-refractivity contribution is 7.86. The second-order valence-electron chi connectivity index (χ2n) is 16.7. The van der Waals surface area contributed by atoms with Crippen LogP contribution in [0.2, 0.25) is 0 Å². The van der Waals surface area contributed by atoms with Crippen LogP contribution in [0.4, 0.5) is 0 Å². The number of hydrogen-bond acceptors (Lipinski definition) is 10. The van der Waals surface area contributed by atoms with Gasteiger partial charge in [-0.15, -0.1) is 0 Å². The molecule has 0 amide bonds. The second-order valence-corrected chi connectivity index (χ2v) is 22.7. The van der Waals surface area contributed by atoms with E-state index in [1.54, 1.807) is 72.8 Å². The molecule has 3 aromatic heterocycles. The van der Waals surface area contributed by atoms with Crippen molar-refractivity contribution >= 4 is 108 Å². The molecule has 0 spiro atoms. The molecule has 3 heterocycles. The predicted octanol–water partition coefficient (Wildman–Crippen LogP) is 2.74. The van der Waals surface area contributed by atoms with Gasteiger partial charge in [0.2, 0.25) is 0 Å². The summed E-state index contributed by atoms with van der Waals surface area (Å²) in [6, 6.07) is 15.6. The van der Waals surface area contributed by atoms with E-state index in [4.69, 9.17) is 0 Å². The van der Waals surface area contributed by atoms with Crippen LogP contribution < -0.4 is 32.5 Å². The molecular weight excluding hydrogens is 961 g/mol. The Hall–Kier alpha value is -5.98. The molecule has 22 heteroatoms. The number of allylic oxidation sites excluding steroid dienone is 4. The lowest BCUT2D eigenvalue weighted by molar-refractivity contribution is 0.476. The number of aryl methyl sites for hydroxylation is 2. The van der Waals surface area contributed by atoms with E-state index in [1.807, 2.05) is 9.13 Å². The third kappa shape index (κ3) is 9.17. The van der Waals surface area contributed by atoms with Crippen LogP contribution in [0.5, 0.6) is 0 Å². The molecule has 358 valence electrons. The van der Waals surface area contributed by atoms with E-state index < -0.39 is 63.1 Å². The van der Waals surface area contributed by atoms with Gasteiger partial charge in [0.05, 0.1) is 11.5 Å². The van der Waals surface area contributed by atoms with E-state index in [-0.39, 0.29) is 70.0 Å². The topological polar surface area (TPSA) is 271 Å². The van der Waals surface area contributed by atoms with Gasteiger partial charge in [0.25, 0.3) is 51.6 Å². The maximum absolute atomic E-state index is 14.2. The van der Waals surface area contributed by atoms with Gasteiger partial charge in [-0.05, 0) is 91.7 Å². The van der Waals surface area contributed by atoms with E-state index in [9.17, 15) is 61.5 Å². The first-order chi connectivity index (χ1) is 31.9. The van der Waals surface area contributed by atoms with Crippen molar-refractivity contribution in [2.75, 3.05) is 11.5 Å². The Morgan fingerprint density at radius 1 is 0.544 bits per heavy atom. The van der Waals surface area contributed by atoms with Crippen molar-refractivity contribution in [2.45, 2.75) is 61.4 Å². The van der Waals surface area contributed by atoms with Crippen LogP contribution in [0, 0.1) is 0 Å². The van der Waals surface area contributed by atoms with Crippen molar-refractivity contribution in [3.05, 3.63) is 126 Å². The number of hydrogen-bond donors (Lipinski definition) is 4. The molecule has 1 aliphatic carbocycles. The summed E-state index contributed by atoms with van der Waals surface area (Å²) < 4.78 is 142. The maximum atomic E-state index is 14.2. The van der Waals surface area contributed by atoms with Gasteiger partial charge in [0, 0.05) is 81.2 Å². The predicted molar refractivity (Wildman–Crippen MR) is 260 cm³/mol. The van der Waals surface area contributed by atoms with E-state index >= 15 is 0 Å². The Morgan fingerprint density at radius 3 is 1.29 bits per heavy atom. The molecule has 4 aromatic carbocycles. The lowest BCUT2D eigenvalue weighted by atomic mass is 10.0. The second kappa shape index (κ2) is 17.8. The Balaban J connectivity index is 1.39. The summed E-state index contributed by atoms with van der Waals surface area (Å²) in [5.74, 6) is -0.960. The van der Waals surface area contributed by atoms with Crippen molar-refractivity contribution < 1.29 is 51.9 Å². The van der Waals surface area contributed by atoms with Gasteiger partial charge in [0.15, 0.2) is 0 Å². The first-order valence-corrected chi connectivity index (χ1v) is 27.3. The summed E-state index contributed by atoms with van der Waals surface area (Å²) >= 11 is 0. The number of nitrogens with zero attached hydrogens (tertiary/aromatic N) is 4. The van der Waals surface area contributed by atoms with Crippen molar-refractivity contribution in [3.8, 4) is 0 Å². The van der Waals surface area contributed by atoms with Crippen LogP contribution >= 0.6 is 0 Å². The number of benzene rings is 4. The molecule has 0 saturated heterocycles. The van der Waals surface area contributed by atoms with E-state index in [0.717, 1.165) is 0 Å². The molecule has 0 aliphatic heterocycles. The highest BCUT2D eigenvalue weighted by atomic mass is 32.2. The smallest absolute Gasteiger partial charge is 0.295 e. The van der Waals surface area contributed by atoms with Crippen LogP contribution in [0.3, 0.4) is 0 Å². The Labute approximate surface area is 389 Å². The molecule has 1 fully saturated rings. The molecule has 7 aromatic rings. The quantitative estimate of drug-likeness (QED) is 0.0902. The van der Waals surface area contributed by atoms with E-state index in [1.165, 1.54) is 35.4 Å². The molecule has 1 aliphatic rings. The first-order valence-electron chi connectivity index (χ1n) is 21.2. The zero-order valence-electron chi connectivity index (χ0n) is 36.7. The molecule has 0 bridgehead atoms. The van der Waals surface area contributed by atoms with Gasteiger partial charge in [-0.25, -0.2) is 0 Å². The minimum absolute atomic E-state index is 0.103. The SMILES string of the molecule is C=c1n(C)c(=O)c(=C2/C(=C/C=c3\c4cccc5c(S(=O)(=O)O)ccc(c54)n3CCCCS(=O)(=O)O)CC/C2=C\C=c2/c3cccc4c(S(=O)(=O)O)ccc(c43)n2CCCCS(=O)(=O)O)c(=O)n1C. The normalized spacial score (nSPS) is 16.1. The van der Waals surface area contributed by atoms with Crippen LogP contribution in [-0.4, -0.2) is 81.7 Å². The van der Waals surface area contributed by atoms with Gasteiger partial charge < -0.3 is 9.13 Å². The molecule has 68 heavy (non-hydrogen) atoms. The maximum Gasteiger partial charge on any atom is 0.295 e. The summed E-state index contributed by atoms with van der Waals surface area (Å²) in [7, 11) is -14.8. The summed E-state index contributed by atoms with van der Waals surface area (Å²) in [5, 5.41) is 3.70. The van der Waals surface area contributed by atoms with Crippen LogP contribution in [0.25, 0.3) is 67.7 Å². The lowest BCUT2D eigenvalue weighted by Crippen LogP contribution is -2.57. The van der Waals surface area contributed by atoms with E-state index in [2.05, 4.69) is 6.58 Å². The minimum atomic E-state index is -4.65. The summed E-state index contributed by atoms with van der Waals surface area (Å²) in [6.07, 6.45) is 8.51. The number of aromatic nitrogens is 4. The average Bonchev–Trinajstić information content (AvgIpc) is 3.90. The van der Waals surface area contributed by atoms with Gasteiger partial charge in [-0.2, -0.15) is 33.7 Å². The highest BCUT2D eigenvalue weighted by Gasteiger charge is 2.25. The fourth-order valence-electron chi connectivity index (χ4n) is 9.39. The van der Waals surface area contributed by atoms with Crippen molar-refractivity contribution in [3.63, 3.8) is 0 Å². The Kier molecular flexibility index (Phi) is 12.7. The van der Waals surface area contributed by atoms with Gasteiger partial charge in [0.1, 0.15) is 20.5 Å². The molecule has 4 N–H and O–H groups in total. The van der Waals surface area contributed by atoms with Gasteiger partial charge >= 0.3 is 0 Å². The molecule has 0 unspecified atom stereocenters. The third-order valence-corrected chi connectivity index (χ3v) is 16.0. The number of unbranched alkanes of at least 4 members (excludes halogenated alkanes) is 2. The average molecular weight is 1010 g/mol. The monoisotopic (exact) mass is 1010 g/mol. The molecule has 0 atom stereocenters. The van der Waals surface area contributed by atoms with Gasteiger partial charge in [-0.3, -0.25) is 36.9 Å². The Morgan fingerprint density at radius 2 is 0.926 bits per heavy atom. The van der Waals surface area contributed by atoms with Crippen molar-refractivity contribution in [1.29, 1.82) is 0 Å². The zero-order valence-corrected chi connectivity index (χ0v) is 39.9. The zero-order chi connectivity index (χ0) is 49.2. The lowest BCUT2D eigenvalue weighted by Gasteiger charge is -2.09. The molecule has 0 radical (unpaired) electrons. The summed E-state index contributed by atoms with van der Waals surface area (Å²) in [5.41, 5.74) is 1.59. The molecule has 8 rings (SSSR count). The molecule has 18 nitrogen and oxygen atoms in total. The van der Waals surface area contributed by atoms with Crippen molar-refractivity contribution in [2.24, 2.45) is 14.1 Å². The third-order valence-electron chi connectivity index (χ3n) is 12.5. The molecular formula is C46H46N4O14S4. The fraction of sp³-hybridized carbons (Fsp3) is 0.261. The standard InChI is InChI=1S/C46H46N4O14S4/c1-28-47(2)45(51)44(46(52)48(28)3)41-29(16-18-35-31-10-8-12-33-39(67(59,60)61)22-20-37(42(31)33)49(35)24-4-6-26-65(53,54)55)14-15-30(41)17-19-36-32-11-9-13-34-40(68(62,63)64)23-21-38(43(32)34)50(36)25-5-7-27-66(56,57)58/h8-13,16-23H,1,4-7,14-15,24-27H2,2-3H3,(H,53,54,55)(H,56,57,58)(H,59,60,61)(H,62,63,64)/b29-16+,30-17+,35-18+,36-19+. The van der Waals surface area contributed by atoms with Crippen LogP contribution in [-0.2, 0) is 67.7 Å². The number of rotatable bonds is 14. The van der Waals surface area contributed by atoms with Crippen LogP contribution in [0.1, 0.15) is 38.5 Å². The first kappa shape index (κ1) is 48.5. The Bertz CT molecular complexity index is 3920. The summed E-state index contributed by atoms with van der Waals surface area (Å²) in [4.78, 5) is 27.8. The van der Waals surface area contributed by atoms with E-state index in [0.29, 0.717) is 72.8 Å². The fourth-order valence-corrected chi connectivity index (χ4v) is 11.9. The molecule has 1 saturated carbocycles.